The van der Waals surface area contributed by atoms with Gasteiger partial charge < -0.3 is 16.8 Å². The molecule has 0 bridgehead atoms. The summed E-state index contributed by atoms with van der Waals surface area (Å²) in [6.07, 6.45) is 1.51. The maximum Gasteiger partial charge on any atom is 0.255 e. The fourth-order valence-corrected chi connectivity index (χ4v) is 2.00. The molecule has 21 heavy (non-hydrogen) atoms. The average molecular weight is 305 g/mol. The van der Waals surface area contributed by atoms with Gasteiger partial charge in [0.1, 0.15) is 0 Å². The van der Waals surface area contributed by atoms with Gasteiger partial charge in [-0.05, 0) is 30.3 Å². The molecule has 0 saturated heterocycles. The largest absolute Gasteiger partial charge is 0.366 e. The van der Waals surface area contributed by atoms with Crippen LogP contribution in [0.3, 0.4) is 0 Å². The van der Waals surface area contributed by atoms with Crippen LogP contribution in [-0.4, -0.2) is 16.8 Å². The lowest BCUT2D eigenvalue weighted by molar-refractivity contribution is 0.0998. The molecule has 5 N–H and O–H groups in total. The van der Waals surface area contributed by atoms with Crippen LogP contribution in [0.1, 0.15) is 26.4 Å². The Kier molecular flexibility index (Phi) is 4.52. The molecule has 2 amide bonds. The summed E-state index contributed by atoms with van der Waals surface area (Å²) in [6, 6.07) is 7.65. The molecule has 0 atom stereocenters. The number of rotatable bonds is 4. The van der Waals surface area contributed by atoms with Crippen molar-refractivity contribution in [3.05, 3.63) is 58.4 Å². The number of hydrogen-bond acceptors (Lipinski definition) is 4. The zero-order valence-electron chi connectivity index (χ0n) is 11.0. The summed E-state index contributed by atoms with van der Waals surface area (Å²) in [7, 11) is 0. The number of carbonyl (C=O) groups is 2. The van der Waals surface area contributed by atoms with Crippen molar-refractivity contribution in [3.8, 4) is 0 Å². The van der Waals surface area contributed by atoms with Crippen molar-refractivity contribution in [2.24, 2.45) is 11.5 Å². The Bertz CT molecular complexity index is 703. The van der Waals surface area contributed by atoms with Crippen molar-refractivity contribution in [2.75, 3.05) is 5.32 Å². The van der Waals surface area contributed by atoms with Crippen LogP contribution < -0.4 is 16.8 Å². The molecule has 2 rings (SSSR count). The number of nitrogens with zero attached hydrogens (tertiary/aromatic N) is 1. The highest BCUT2D eigenvalue weighted by Crippen LogP contribution is 2.21. The number of pyridine rings is 1. The molecule has 1 aromatic carbocycles. The van der Waals surface area contributed by atoms with Crippen LogP contribution in [0.25, 0.3) is 0 Å². The summed E-state index contributed by atoms with van der Waals surface area (Å²) in [5, 5.41) is 2.85. The first kappa shape index (κ1) is 15.0. The molecule has 0 saturated carbocycles. The second-order valence-corrected chi connectivity index (χ2v) is 4.66. The molecule has 0 aliphatic heterocycles. The quantitative estimate of drug-likeness (QED) is 0.795. The Hall–Kier alpha value is -2.44. The molecule has 1 heterocycles. The third-order valence-electron chi connectivity index (χ3n) is 2.78. The summed E-state index contributed by atoms with van der Waals surface area (Å²) in [4.78, 5) is 27.2. The number of benzene rings is 1. The molecule has 0 aliphatic rings. The van der Waals surface area contributed by atoms with Crippen molar-refractivity contribution >= 4 is 29.1 Å². The van der Waals surface area contributed by atoms with Crippen molar-refractivity contribution in [1.29, 1.82) is 0 Å². The summed E-state index contributed by atoms with van der Waals surface area (Å²) in [5.74, 6) is -0.949. The van der Waals surface area contributed by atoms with Gasteiger partial charge in [-0.2, -0.15) is 0 Å². The van der Waals surface area contributed by atoms with Crippen molar-refractivity contribution < 1.29 is 9.59 Å². The second kappa shape index (κ2) is 6.34. The van der Waals surface area contributed by atoms with Crippen LogP contribution >= 0.6 is 11.6 Å². The Balaban J connectivity index is 2.19. The van der Waals surface area contributed by atoms with Gasteiger partial charge >= 0.3 is 0 Å². The van der Waals surface area contributed by atoms with Gasteiger partial charge in [-0.15, -0.1) is 0 Å². The summed E-state index contributed by atoms with van der Waals surface area (Å²) in [6.45, 7) is 0.250. The SMILES string of the molecule is NCc1cc(C(=O)Nc2ccc(C(N)=O)c(Cl)c2)ccn1. The van der Waals surface area contributed by atoms with Gasteiger partial charge in [0.25, 0.3) is 5.91 Å². The molecule has 108 valence electrons. The number of carbonyl (C=O) groups excluding carboxylic acids is 2. The molecule has 2 aromatic rings. The van der Waals surface area contributed by atoms with E-state index in [0.29, 0.717) is 16.9 Å². The lowest BCUT2D eigenvalue weighted by atomic mass is 10.1. The maximum absolute atomic E-state index is 12.1. The van der Waals surface area contributed by atoms with E-state index in [1.54, 1.807) is 18.2 Å². The van der Waals surface area contributed by atoms with Gasteiger partial charge in [-0.3, -0.25) is 14.6 Å². The normalized spacial score (nSPS) is 10.2. The van der Waals surface area contributed by atoms with E-state index in [1.165, 1.54) is 18.3 Å². The Morgan fingerprint density at radius 2 is 2.00 bits per heavy atom. The number of aromatic nitrogens is 1. The first-order chi connectivity index (χ1) is 10.0. The van der Waals surface area contributed by atoms with Crippen LogP contribution in [0, 0.1) is 0 Å². The van der Waals surface area contributed by atoms with Gasteiger partial charge in [-0.1, -0.05) is 11.6 Å². The lowest BCUT2D eigenvalue weighted by Gasteiger charge is -2.08. The molecule has 6 nitrogen and oxygen atoms in total. The lowest BCUT2D eigenvalue weighted by Crippen LogP contribution is -2.14. The predicted molar refractivity (Wildman–Crippen MR) is 80.1 cm³/mol. The number of hydrogen-bond donors (Lipinski definition) is 3. The number of nitrogens with one attached hydrogen (secondary N) is 1. The van der Waals surface area contributed by atoms with Gasteiger partial charge in [0.05, 0.1) is 16.3 Å². The first-order valence-electron chi connectivity index (χ1n) is 6.07. The highest BCUT2D eigenvalue weighted by atomic mass is 35.5. The molecule has 0 unspecified atom stereocenters. The molecular formula is C14H13ClN4O2. The van der Waals surface area contributed by atoms with E-state index in [4.69, 9.17) is 23.1 Å². The van der Waals surface area contributed by atoms with Crippen molar-refractivity contribution in [3.63, 3.8) is 0 Å². The molecule has 0 spiro atoms. The van der Waals surface area contributed by atoms with Crippen LogP contribution in [0.2, 0.25) is 5.02 Å². The number of primary amides is 1. The Labute approximate surface area is 126 Å². The molecule has 0 aliphatic carbocycles. The van der Waals surface area contributed by atoms with Crippen molar-refractivity contribution in [2.45, 2.75) is 6.54 Å². The van der Waals surface area contributed by atoms with Gasteiger partial charge in [0.2, 0.25) is 5.91 Å². The van der Waals surface area contributed by atoms with E-state index < -0.39 is 5.91 Å². The van der Waals surface area contributed by atoms with E-state index in [-0.39, 0.29) is 23.0 Å². The van der Waals surface area contributed by atoms with E-state index in [1.807, 2.05) is 0 Å². The average Bonchev–Trinajstić information content (AvgIpc) is 2.47. The monoisotopic (exact) mass is 304 g/mol. The number of amides is 2. The number of nitrogens with two attached hydrogens (primary N) is 2. The van der Waals surface area contributed by atoms with E-state index in [2.05, 4.69) is 10.3 Å². The molecule has 1 aromatic heterocycles. The smallest absolute Gasteiger partial charge is 0.255 e. The maximum atomic E-state index is 12.1. The molecular weight excluding hydrogens is 292 g/mol. The summed E-state index contributed by atoms with van der Waals surface area (Å²) < 4.78 is 0. The minimum Gasteiger partial charge on any atom is -0.366 e. The van der Waals surface area contributed by atoms with Gasteiger partial charge in [-0.25, -0.2) is 0 Å². The zero-order valence-corrected chi connectivity index (χ0v) is 11.7. The highest BCUT2D eigenvalue weighted by Gasteiger charge is 2.10. The second-order valence-electron chi connectivity index (χ2n) is 4.25. The first-order valence-corrected chi connectivity index (χ1v) is 6.44. The minimum absolute atomic E-state index is 0.178. The van der Waals surface area contributed by atoms with E-state index in [0.717, 1.165) is 0 Å². The van der Waals surface area contributed by atoms with Crippen molar-refractivity contribution in [1.82, 2.24) is 4.98 Å². The molecule has 0 fully saturated rings. The third kappa shape index (κ3) is 3.56. The third-order valence-corrected chi connectivity index (χ3v) is 3.09. The predicted octanol–water partition coefficient (Wildman–Crippen LogP) is 1.54. The standard InChI is InChI=1S/C14H13ClN4O2/c15-12-6-9(1-2-11(12)13(17)20)19-14(21)8-3-4-18-10(5-8)7-16/h1-6H,7,16H2,(H2,17,20)(H,19,21). The molecule has 0 radical (unpaired) electrons. The van der Waals surface area contributed by atoms with Crippen LogP contribution in [0.5, 0.6) is 0 Å². The summed E-state index contributed by atoms with van der Waals surface area (Å²) >= 11 is 5.92. The van der Waals surface area contributed by atoms with Crippen LogP contribution in [-0.2, 0) is 6.54 Å². The number of halogens is 1. The topological polar surface area (TPSA) is 111 Å². The minimum atomic E-state index is -0.625. The van der Waals surface area contributed by atoms with Crippen LogP contribution in [0.15, 0.2) is 36.5 Å². The Morgan fingerprint density at radius 3 is 2.62 bits per heavy atom. The fourth-order valence-electron chi connectivity index (χ4n) is 1.73. The highest BCUT2D eigenvalue weighted by molar-refractivity contribution is 6.34. The van der Waals surface area contributed by atoms with Gasteiger partial charge in [0.15, 0.2) is 0 Å². The summed E-state index contributed by atoms with van der Waals surface area (Å²) in [5.41, 5.74) is 12.3. The fraction of sp³-hybridized carbons (Fsp3) is 0.0714. The number of anilines is 1. The van der Waals surface area contributed by atoms with Crippen LogP contribution in [0.4, 0.5) is 5.69 Å². The van der Waals surface area contributed by atoms with E-state index >= 15 is 0 Å². The molecule has 7 heteroatoms. The van der Waals surface area contributed by atoms with Gasteiger partial charge in [0, 0.05) is 24.0 Å². The zero-order chi connectivity index (χ0) is 15.4. The van der Waals surface area contributed by atoms with E-state index in [9.17, 15) is 9.59 Å². The Morgan fingerprint density at radius 1 is 1.24 bits per heavy atom.